The topological polar surface area (TPSA) is 29.3 Å². The van der Waals surface area contributed by atoms with Gasteiger partial charge in [0.05, 0.1) is 0 Å². The van der Waals surface area contributed by atoms with E-state index in [4.69, 9.17) is 5.73 Å². The highest BCUT2D eigenvalue weighted by Crippen LogP contribution is 2.27. The molecule has 0 aromatic carbocycles. The van der Waals surface area contributed by atoms with Crippen LogP contribution in [0.4, 0.5) is 0 Å². The van der Waals surface area contributed by atoms with Crippen LogP contribution in [0.2, 0.25) is 0 Å². The molecule has 108 valence electrons. The summed E-state index contributed by atoms with van der Waals surface area (Å²) in [4.78, 5) is 2.71. The van der Waals surface area contributed by atoms with Crippen LogP contribution in [0.15, 0.2) is 0 Å². The molecule has 0 aromatic rings. The van der Waals surface area contributed by atoms with Gasteiger partial charge in [0, 0.05) is 18.6 Å². The number of hydrogen-bond acceptors (Lipinski definition) is 2. The lowest BCUT2D eigenvalue weighted by Crippen LogP contribution is -2.50. The SMILES string of the molecule is CCN(C1CCCCC1)C(CN)C(C)CC(C)C. The second-order valence-electron chi connectivity index (χ2n) is 6.53. The smallest absolute Gasteiger partial charge is 0.0246 e. The highest BCUT2D eigenvalue weighted by molar-refractivity contribution is 4.84. The summed E-state index contributed by atoms with van der Waals surface area (Å²) < 4.78 is 0. The summed E-state index contributed by atoms with van der Waals surface area (Å²) in [5.74, 6) is 1.50. The monoisotopic (exact) mass is 254 g/mol. The summed E-state index contributed by atoms with van der Waals surface area (Å²) in [5.41, 5.74) is 6.09. The molecule has 2 heteroatoms. The lowest BCUT2D eigenvalue weighted by atomic mass is 9.87. The van der Waals surface area contributed by atoms with Gasteiger partial charge in [0.2, 0.25) is 0 Å². The maximum absolute atomic E-state index is 6.09. The van der Waals surface area contributed by atoms with E-state index in [9.17, 15) is 0 Å². The molecule has 2 atom stereocenters. The fourth-order valence-electron chi connectivity index (χ4n) is 3.77. The van der Waals surface area contributed by atoms with Gasteiger partial charge in [-0.25, -0.2) is 0 Å². The predicted molar refractivity (Wildman–Crippen MR) is 80.7 cm³/mol. The van der Waals surface area contributed by atoms with Gasteiger partial charge >= 0.3 is 0 Å². The lowest BCUT2D eigenvalue weighted by molar-refractivity contribution is 0.0770. The summed E-state index contributed by atoms with van der Waals surface area (Å²) in [6.07, 6.45) is 8.33. The van der Waals surface area contributed by atoms with Gasteiger partial charge in [0.1, 0.15) is 0 Å². The molecule has 0 amide bonds. The van der Waals surface area contributed by atoms with E-state index in [-0.39, 0.29) is 0 Å². The molecule has 1 aliphatic rings. The molecule has 0 aliphatic heterocycles. The van der Waals surface area contributed by atoms with E-state index in [0.717, 1.165) is 31.0 Å². The molecule has 1 aliphatic carbocycles. The zero-order chi connectivity index (χ0) is 13.5. The number of likely N-dealkylation sites (N-methyl/N-ethyl adjacent to an activating group) is 1. The van der Waals surface area contributed by atoms with E-state index in [0.29, 0.717) is 6.04 Å². The third kappa shape index (κ3) is 4.55. The fraction of sp³-hybridized carbons (Fsp3) is 1.00. The first-order chi connectivity index (χ1) is 8.60. The number of hydrogen-bond donors (Lipinski definition) is 1. The quantitative estimate of drug-likeness (QED) is 0.751. The van der Waals surface area contributed by atoms with Crippen molar-refractivity contribution in [2.75, 3.05) is 13.1 Å². The van der Waals surface area contributed by atoms with E-state index in [1.807, 2.05) is 0 Å². The van der Waals surface area contributed by atoms with Crippen molar-refractivity contribution in [3.05, 3.63) is 0 Å². The second kappa shape index (κ2) is 8.16. The zero-order valence-corrected chi connectivity index (χ0v) is 13.0. The van der Waals surface area contributed by atoms with Crippen molar-refractivity contribution in [1.29, 1.82) is 0 Å². The van der Waals surface area contributed by atoms with Crippen LogP contribution in [0.1, 0.15) is 66.2 Å². The summed E-state index contributed by atoms with van der Waals surface area (Å²) in [5, 5.41) is 0. The van der Waals surface area contributed by atoms with Crippen LogP contribution in [0.25, 0.3) is 0 Å². The third-order valence-electron chi connectivity index (χ3n) is 4.58. The molecule has 1 fully saturated rings. The Kier molecular flexibility index (Phi) is 7.25. The average molecular weight is 254 g/mol. The molecule has 2 unspecified atom stereocenters. The predicted octanol–water partition coefficient (Wildman–Crippen LogP) is 3.65. The van der Waals surface area contributed by atoms with Crippen LogP contribution in [0.3, 0.4) is 0 Å². The van der Waals surface area contributed by atoms with Gasteiger partial charge in [-0.2, -0.15) is 0 Å². The standard InChI is InChI=1S/C16H34N2/c1-5-18(15-9-7-6-8-10-15)16(12-17)14(4)11-13(2)3/h13-16H,5-12,17H2,1-4H3. The van der Waals surface area contributed by atoms with Crippen molar-refractivity contribution in [3.8, 4) is 0 Å². The molecule has 0 heterocycles. The minimum absolute atomic E-state index is 0.584. The Labute approximate surface area is 114 Å². The maximum Gasteiger partial charge on any atom is 0.0246 e. The number of rotatable bonds is 7. The van der Waals surface area contributed by atoms with E-state index >= 15 is 0 Å². The van der Waals surface area contributed by atoms with E-state index in [2.05, 4.69) is 32.6 Å². The molecule has 0 radical (unpaired) electrons. The van der Waals surface area contributed by atoms with Gasteiger partial charge in [-0.05, 0) is 37.6 Å². The van der Waals surface area contributed by atoms with Crippen molar-refractivity contribution in [2.45, 2.75) is 78.3 Å². The van der Waals surface area contributed by atoms with Gasteiger partial charge in [-0.15, -0.1) is 0 Å². The zero-order valence-electron chi connectivity index (χ0n) is 13.0. The third-order valence-corrected chi connectivity index (χ3v) is 4.58. The Morgan fingerprint density at radius 2 is 1.72 bits per heavy atom. The lowest BCUT2D eigenvalue weighted by Gasteiger charge is -2.42. The Morgan fingerprint density at radius 1 is 1.11 bits per heavy atom. The minimum Gasteiger partial charge on any atom is -0.329 e. The summed E-state index contributed by atoms with van der Waals surface area (Å²) >= 11 is 0. The first-order valence-electron chi connectivity index (χ1n) is 8.05. The molecule has 0 spiro atoms. The molecule has 2 nitrogen and oxygen atoms in total. The van der Waals surface area contributed by atoms with Crippen LogP contribution in [-0.2, 0) is 0 Å². The Bertz CT molecular complexity index is 209. The maximum atomic E-state index is 6.09. The number of nitrogens with two attached hydrogens (primary N) is 1. The molecule has 18 heavy (non-hydrogen) atoms. The van der Waals surface area contributed by atoms with Gasteiger partial charge in [0.25, 0.3) is 0 Å². The van der Waals surface area contributed by atoms with Crippen LogP contribution < -0.4 is 5.73 Å². The van der Waals surface area contributed by atoms with Crippen LogP contribution >= 0.6 is 0 Å². The molecular weight excluding hydrogens is 220 g/mol. The highest BCUT2D eigenvalue weighted by Gasteiger charge is 2.29. The number of nitrogens with zero attached hydrogens (tertiary/aromatic N) is 1. The van der Waals surface area contributed by atoms with E-state index < -0.39 is 0 Å². The molecule has 0 aromatic heterocycles. The van der Waals surface area contributed by atoms with E-state index in [1.165, 1.54) is 38.5 Å². The van der Waals surface area contributed by atoms with Gasteiger partial charge in [0.15, 0.2) is 0 Å². The van der Waals surface area contributed by atoms with Crippen LogP contribution in [-0.4, -0.2) is 30.1 Å². The summed E-state index contributed by atoms with van der Waals surface area (Å²) in [7, 11) is 0. The second-order valence-corrected chi connectivity index (χ2v) is 6.53. The van der Waals surface area contributed by atoms with E-state index in [1.54, 1.807) is 0 Å². The normalized spacial score (nSPS) is 21.5. The fourth-order valence-corrected chi connectivity index (χ4v) is 3.77. The molecule has 1 rings (SSSR count). The summed E-state index contributed by atoms with van der Waals surface area (Å²) in [6.45, 7) is 11.3. The van der Waals surface area contributed by atoms with Crippen molar-refractivity contribution in [2.24, 2.45) is 17.6 Å². The van der Waals surface area contributed by atoms with Crippen molar-refractivity contribution in [1.82, 2.24) is 4.90 Å². The Hall–Kier alpha value is -0.0800. The summed E-state index contributed by atoms with van der Waals surface area (Å²) in [6, 6.07) is 1.38. The first-order valence-corrected chi connectivity index (χ1v) is 8.05. The molecule has 0 bridgehead atoms. The first kappa shape index (κ1) is 16.0. The van der Waals surface area contributed by atoms with Crippen LogP contribution in [0.5, 0.6) is 0 Å². The van der Waals surface area contributed by atoms with Gasteiger partial charge < -0.3 is 5.73 Å². The van der Waals surface area contributed by atoms with Crippen molar-refractivity contribution >= 4 is 0 Å². The average Bonchev–Trinajstić information content (AvgIpc) is 2.35. The Morgan fingerprint density at radius 3 is 2.17 bits per heavy atom. The largest absolute Gasteiger partial charge is 0.329 e. The molecular formula is C16H34N2. The minimum atomic E-state index is 0.584. The van der Waals surface area contributed by atoms with Gasteiger partial charge in [-0.3, -0.25) is 4.90 Å². The van der Waals surface area contributed by atoms with Crippen LogP contribution in [0, 0.1) is 11.8 Å². The molecule has 2 N–H and O–H groups in total. The molecule has 1 saturated carbocycles. The van der Waals surface area contributed by atoms with Crippen molar-refractivity contribution in [3.63, 3.8) is 0 Å². The van der Waals surface area contributed by atoms with Gasteiger partial charge in [-0.1, -0.05) is 47.0 Å². The van der Waals surface area contributed by atoms with Crippen molar-refractivity contribution < 1.29 is 0 Å². The Balaban J connectivity index is 2.63. The molecule has 0 saturated heterocycles. The highest BCUT2D eigenvalue weighted by atomic mass is 15.2.